The van der Waals surface area contributed by atoms with Gasteiger partial charge in [0.15, 0.2) is 5.78 Å². The Bertz CT molecular complexity index is 1390. The van der Waals surface area contributed by atoms with Crippen LogP contribution in [0.25, 0.3) is 22.0 Å². The average molecular weight is 518 g/mol. The van der Waals surface area contributed by atoms with Gasteiger partial charge in [-0.25, -0.2) is 8.78 Å². The van der Waals surface area contributed by atoms with E-state index in [2.05, 4.69) is 46.1 Å². The Labute approximate surface area is 220 Å². The standard InChI is InChI=1S/C29H29F2N5O2/c1-34-12-14-35(15-13-34)22-5-2-20(3-6-22)21-4-7-26-25(16-21)24(10-11-33-26)27(37)8-9-28(38)36-19-29(30,31)17-23(36)18-32/h2-7,10-11,16,23H,8-9,12-15,17,19H2,1H3/t23-/m0/s1. The number of rotatable bonds is 6. The van der Waals surface area contributed by atoms with Crippen LogP contribution in [0, 0.1) is 11.3 Å². The van der Waals surface area contributed by atoms with Gasteiger partial charge in [-0.15, -0.1) is 0 Å². The van der Waals surface area contributed by atoms with Gasteiger partial charge in [0.2, 0.25) is 5.91 Å². The zero-order valence-electron chi connectivity index (χ0n) is 21.2. The second-order valence-electron chi connectivity index (χ2n) is 10.1. The number of anilines is 1. The Hall–Kier alpha value is -3.90. The maximum absolute atomic E-state index is 13.7. The molecule has 2 saturated heterocycles. The highest BCUT2D eigenvalue weighted by Gasteiger charge is 2.47. The van der Waals surface area contributed by atoms with Crippen LogP contribution in [0.3, 0.4) is 0 Å². The van der Waals surface area contributed by atoms with Gasteiger partial charge in [-0.2, -0.15) is 5.26 Å². The van der Waals surface area contributed by atoms with Gasteiger partial charge in [0.05, 0.1) is 18.1 Å². The smallest absolute Gasteiger partial charge is 0.268 e. The molecule has 3 heterocycles. The number of nitriles is 1. The molecular weight excluding hydrogens is 488 g/mol. The van der Waals surface area contributed by atoms with Crippen LogP contribution >= 0.6 is 0 Å². The minimum Gasteiger partial charge on any atom is -0.369 e. The number of piperazine rings is 1. The SMILES string of the molecule is CN1CCN(c2ccc(-c3ccc4nccc(C(=O)CCC(=O)N5CC(F)(F)C[C@H]5C#N)c4c3)cc2)CC1. The summed E-state index contributed by atoms with van der Waals surface area (Å²) in [4.78, 5) is 35.7. The van der Waals surface area contributed by atoms with E-state index in [4.69, 9.17) is 5.26 Å². The van der Waals surface area contributed by atoms with Crippen LogP contribution in [-0.4, -0.2) is 78.2 Å². The van der Waals surface area contributed by atoms with Crippen LogP contribution in [-0.2, 0) is 4.79 Å². The number of aromatic nitrogens is 1. The molecule has 9 heteroatoms. The Kier molecular flexibility index (Phi) is 7.09. The predicted molar refractivity (Wildman–Crippen MR) is 141 cm³/mol. The van der Waals surface area contributed by atoms with Gasteiger partial charge in [-0.3, -0.25) is 14.6 Å². The Morgan fingerprint density at radius 1 is 1.03 bits per heavy atom. The molecule has 2 aromatic carbocycles. The topological polar surface area (TPSA) is 80.5 Å². The van der Waals surface area contributed by atoms with Gasteiger partial charge in [0, 0.05) is 68.3 Å². The highest BCUT2D eigenvalue weighted by Crippen LogP contribution is 2.33. The van der Waals surface area contributed by atoms with Gasteiger partial charge >= 0.3 is 0 Å². The molecule has 2 fully saturated rings. The summed E-state index contributed by atoms with van der Waals surface area (Å²) >= 11 is 0. The van der Waals surface area contributed by atoms with Crippen molar-refractivity contribution in [3.8, 4) is 17.2 Å². The van der Waals surface area contributed by atoms with Crippen molar-refractivity contribution in [2.45, 2.75) is 31.2 Å². The van der Waals surface area contributed by atoms with Gasteiger partial charge in [-0.05, 0) is 48.5 Å². The summed E-state index contributed by atoms with van der Waals surface area (Å²) in [5.74, 6) is -3.96. The fourth-order valence-electron chi connectivity index (χ4n) is 5.19. The number of pyridine rings is 1. The number of hydrogen-bond donors (Lipinski definition) is 0. The number of alkyl halides is 2. The molecule has 0 bridgehead atoms. The molecule has 0 radical (unpaired) electrons. The Morgan fingerprint density at radius 3 is 2.45 bits per heavy atom. The van der Waals surface area contributed by atoms with Crippen LogP contribution in [0.4, 0.5) is 14.5 Å². The largest absolute Gasteiger partial charge is 0.369 e. The molecule has 1 aromatic heterocycles. The summed E-state index contributed by atoms with van der Waals surface area (Å²) in [6, 6.07) is 16.4. The molecule has 2 aliphatic rings. The molecular formula is C29H29F2N5O2. The van der Waals surface area contributed by atoms with Crippen molar-refractivity contribution in [1.82, 2.24) is 14.8 Å². The van der Waals surface area contributed by atoms with Crippen molar-refractivity contribution >= 4 is 28.3 Å². The van der Waals surface area contributed by atoms with Crippen LogP contribution in [0.5, 0.6) is 0 Å². The molecule has 2 aliphatic heterocycles. The second kappa shape index (κ2) is 10.5. The summed E-state index contributed by atoms with van der Waals surface area (Å²) < 4.78 is 27.4. The molecule has 1 amide bonds. The summed E-state index contributed by atoms with van der Waals surface area (Å²) in [5.41, 5.74) is 4.22. The maximum atomic E-state index is 13.7. The first-order valence-corrected chi connectivity index (χ1v) is 12.8. The number of likely N-dealkylation sites (tertiary alicyclic amines) is 1. The van der Waals surface area contributed by atoms with Crippen LogP contribution in [0.15, 0.2) is 54.7 Å². The van der Waals surface area contributed by atoms with Crippen molar-refractivity contribution in [1.29, 1.82) is 5.26 Å². The van der Waals surface area contributed by atoms with Crippen molar-refractivity contribution in [2.24, 2.45) is 0 Å². The molecule has 196 valence electrons. The first-order valence-electron chi connectivity index (χ1n) is 12.8. The van der Waals surface area contributed by atoms with Gasteiger partial charge in [-0.1, -0.05) is 18.2 Å². The van der Waals surface area contributed by atoms with Crippen LogP contribution in [0.2, 0.25) is 0 Å². The summed E-state index contributed by atoms with van der Waals surface area (Å²) in [5, 5.41) is 9.82. The highest BCUT2D eigenvalue weighted by molar-refractivity contribution is 6.08. The highest BCUT2D eigenvalue weighted by atomic mass is 19.3. The minimum absolute atomic E-state index is 0.137. The van der Waals surface area contributed by atoms with Crippen LogP contribution in [0.1, 0.15) is 29.6 Å². The molecule has 38 heavy (non-hydrogen) atoms. The lowest BCUT2D eigenvalue weighted by Crippen LogP contribution is -2.44. The normalized spacial score (nSPS) is 19.5. The zero-order valence-corrected chi connectivity index (χ0v) is 21.2. The third-order valence-electron chi connectivity index (χ3n) is 7.42. The number of nitrogens with zero attached hydrogens (tertiary/aromatic N) is 5. The lowest BCUT2D eigenvalue weighted by molar-refractivity contribution is -0.132. The third-order valence-corrected chi connectivity index (χ3v) is 7.42. The van der Waals surface area contributed by atoms with E-state index in [-0.39, 0.29) is 18.6 Å². The lowest BCUT2D eigenvalue weighted by Gasteiger charge is -2.34. The first kappa shape index (κ1) is 25.7. The number of benzene rings is 2. The summed E-state index contributed by atoms with van der Waals surface area (Å²) in [7, 11) is 2.13. The number of halogens is 2. The first-order chi connectivity index (χ1) is 18.2. The molecule has 5 rings (SSSR count). The van der Waals surface area contributed by atoms with Crippen molar-refractivity contribution in [2.75, 3.05) is 44.7 Å². The van der Waals surface area contributed by atoms with Crippen molar-refractivity contribution < 1.29 is 18.4 Å². The fourth-order valence-corrected chi connectivity index (χ4v) is 5.19. The van der Waals surface area contributed by atoms with Crippen molar-refractivity contribution in [3.05, 3.63) is 60.3 Å². The number of carbonyl (C=O) groups is 2. The Balaban J connectivity index is 1.31. The number of amides is 1. The van der Waals surface area contributed by atoms with Crippen LogP contribution < -0.4 is 4.90 Å². The molecule has 0 unspecified atom stereocenters. The molecule has 0 N–H and O–H groups in total. The molecule has 3 aromatic rings. The molecule has 0 spiro atoms. The molecule has 0 aliphatic carbocycles. The third kappa shape index (κ3) is 5.36. The van der Waals surface area contributed by atoms with Gasteiger partial charge < -0.3 is 14.7 Å². The second-order valence-corrected chi connectivity index (χ2v) is 10.1. The number of carbonyl (C=O) groups excluding carboxylic acids is 2. The molecule has 0 saturated carbocycles. The predicted octanol–water partition coefficient (Wildman–Crippen LogP) is 4.38. The maximum Gasteiger partial charge on any atom is 0.268 e. The van der Waals surface area contributed by atoms with E-state index in [0.717, 1.165) is 42.2 Å². The summed E-state index contributed by atoms with van der Waals surface area (Å²) in [6.45, 7) is 3.26. The number of Topliss-reactive ketones (excluding diaryl/α,β-unsaturated/α-hetero) is 1. The molecule has 1 atom stereocenters. The zero-order chi connectivity index (χ0) is 26.9. The van der Waals surface area contributed by atoms with E-state index in [9.17, 15) is 18.4 Å². The number of hydrogen-bond acceptors (Lipinski definition) is 6. The summed E-state index contributed by atoms with van der Waals surface area (Å²) in [6.07, 6.45) is 0.512. The fraction of sp³-hybridized carbons (Fsp3) is 0.379. The number of fused-ring (bicyclic) bond motifs is 1. The van der Waals surface area contributed by atoms with E-state index < -0.39 is 30.8 Å². The van der Waals surface area contributed by atoms with E-state index in [0.29, 0.717) is 16.5 Å². The quantitative estimate of drug-likeness (QED) is 0.452. The molecule has 7 nitrogen and oxygen atoms in total. The van der Waals surface area contributed by atoms with E-state index in [1.807, 2.05) is 18.2 Å². The van der Waals surface area contributed by atoms with Crippen molar-refractivity contribution in [3.63, 3.8) is 0 Å². The van der Waals surface area contributed by atoms with E-state index in [1.165, 1.54) is 5.69 Å². The van der Waals surface area contributed by atoms with Gasteiger partial charge in [0.25, 0.3) is 5.92 Å². The lowest BCUT2D eigenvalue weighted by atomic mass is 9.97. The van der Waals surface area contributed by atoms with E-state index in [1.54, 1.807) is 18.3 Å². The van der Waals surface area contributed by atoms with Gasteiger partial charge in [0.1, 0.15) is 6.04 Å². The minimum atomic E-state index is -3.08. The number of likely N-dealkylation sites (N-methyl/N-ethyl adjacent to an activating group) is 1. The van der Waals surface area contributed by atoms with E-state index >= 15 is 0 Å². The Morgan fingerprint density at radius 2 is 1.74 bits per heavy atom. The number of ketones is 1. The monoisotopic (exact) mass is 517 g/mol. The average Bonchev–Trinajstić information content (AvgIpc) is 3.26.